The van der Waals surface area contributed by atoms with E-state index in [1.54, 1.807) is 27.8 Å². The Morgan fingerprint density at radius 3 is 2.00 bits per heavy atom. The number of pyridine rings is 2. The van der Waals surface area contributed by atoms with Crippen LogP contribution >= 0.6 is 21.6 Å². The van der Waals surface area contributed by atoms with Crippen LogP contribution in [0.5, 0.6) is 0 Å². The lowest BCUT2D eigenvalue weighted by Gasteiger charge is -2.14. The molecule has 0 aliphatic heterocycles. The van der Waals surface area contributed by atoms with Crippen molar-refractivity contribution in [3.63, 3.8) is 0 Å². The second-order valence-corrected chi connectivity index (χ2v) is 13.3. The molecule has 0 saturated heterocycles. The fourth-order valence-corrected chi connectivity index (χ4v) is 7.16. The summed E-state index contributed by atoms with van der Waals surface area (Å²) in [6.45, 7) is 2.57. The lowest BCUT2D eigenvalue weighted by molar-refractivity contribution is -0.144. The van der Waals surface area contributed by atoms with Crippen LogP contribution in [0.2, 0.25) is 0 Å². The number of ether oxygens (including phenoxy) is 2. The Balaban J connectivity index is 0.864. The third-order valence-electron chi connectivity index (χ3n) is 7.52. The Morgan fingerprint density at radius 2 is 1.32 bits per heavy atom. The Labute approximate surface area is 264 Å². The van der Waals surface area contributed by atoms with Gasteiger partial charge < -0.3 is 9.47 Å². The molecule has 8 heteroatoms. The van der Waals surface area contributed by atoms with Crippen molar-refractivity contribution in [1.82, 2.24) is 9.97 Å². The van der Waals surface area contributed by atoms with Crippen molar-refractivity contribution in [3.05, 3.63) is 108 Å². The van der Waals surface area contributed by atoms with Crippen molar-refractivity contribution in [3.8, 4) is 11.4 Å². The Hall–Kier alpha value is -4.14. The van der Waals surface area contributed by atoms with Gasteiger partial charge in [-0.3, -0.25) is 19.6 Å². The van der Waals surface area contributed by atoms with Crippen LogP contribution in [0.4, 0.5) is 0 Å². The van der Waals surface area contributed by atoms with E-state index in [1.165, 1.54) is 26.9 Å². The van der Waals surface area contributed by atoms with Gasteiger partial charge in [-0.05, 0) is 68.1 Å². The molecule has 222 valence electrons. The van der Waals surface area contributed by atoms with Crippen molar-refractivity contribution in [2.45, 2.75) is 32.8 Å². The molecular weight excluding hydrogens is 589 g/mol. The number of benzene rings is 4. The molecule has 0 bridgehead atoms. The van der Waals surface area contributed by atoms with E-state index in [2.05, 4.69) is 64.6 Å². The predicted molar refractivity (Wildman–Crippen MR) is 181 cm³/mol. The molecule has 2 aromatic heterocycles. The summed E-state index contributed by atoms with van der Waals surface area (Å²) in [6, 6.07) is 27.0. The number of hydrogen-bond donors (Lipinski definition) is 0. The highest BCUT2D eigenvalue weighted by Crippen LogP contribution is 2.36. The lowest BCUT2D eigenvalue weighted by Crippen LogP contribution is -2.08. The number of rotatable bonds is 13. The third-order valence-corrected chi connectivity index (χ3v) is 9.93. The lowest BCUT2D eigenvalue weighted by atomic mass is 9.92. The summed E-state index contributed by atoms with van der Waals surface area (Å²) in [4.78, 5) is 33.4. The summed E-state index contributed by atoms with van der Waals surface area (Å²) in [5.41, 5.74) is 4.77. The highest BCUT2D eigenvalue weighted by molar-refractivity contribution is 8.76. The standard InChI is InChI=1S/C36H32N2O4S2/c1-24-5-13-31(37-21-24)32-14-6-25(22-38-32)15-18-41-33(39)16-19-43-44-20-17-34(40)42-23-29-10-9-28-8-7-26-3-2-4-27-11-12-30(29)36(28)35(26)27/h2-14,21-22H,15-20,23H2,1H3. The average Bonchev–Trinajstić information content (AvgIpc) is 3.05. The maximum Gasteiger partial charge on any atom is 0.306 e. The number of esters is 2. The zero-order chi connectivity index (χ0) is 30.3. The molecule has 0 N–H and O–H groups in total. The van der Waals surface area contributed by atoms with Gasteiger partial charge in [0.25, 0.3) is 0 Å². The molecule has 44 heavy (non-hydrogen) atoms. The van der Waals surface area contributed by atoms with Crippen molar-refractivity contribution in [2.75, 3.05) is 18.1 Å². The number of carbonyl (C=O) groups is 2. The summed E-state index contributed by atoms with van der Waals surface area (Å²) in [5, 5.41) is 7.23. The van der Waals surface area contributed by atoms with Crippen LogP contribution < -0.4 is 0 Å². The first-order chi connectivity index (χ1) is 21.5. The van der Waals surface area contributed by atoms with Gasteiger partial charge in [0, 0.05) is 30.3 Å². The zero-order valence-corrected chi connectivity index (χ0v) is 26.1. The predicted octanol–water partition coefficient (Wildman–Crippen LogP) is 8.34. The summed E-state index contributed by atoms with van der Waals surface area (Å²) >= 11 is 0. The topological polar surface area (TPSA) is 78.4 Å². The minimum absolute atomic E-state index is 0.221. The van der Waals surface area contributed by atoms with Gasteiger partial charge in [-0.2, -0.15) is 0 Å². The monoisotopic (exact) mass is 620 g/mol. The summed E-state index contributed by atoms with van der Waals surface area (Å²) in [5.74, 6) is 0.805. The highest BCUT2D eigenvalue weighted by atomic mass is 33.1. The van der Waals surface area contributed by atoms with Crippen LogP contribution in [0.15, 0.2) is 91.3 Å². The van der Waals surface area contributed by atoms with Gasteiger partial charge in [-0.1, -0.05) is 88.3 Å². The minimum atomic E-state index is -0.223. The van der Waals surface area contributed by atoms with Gasteiger partial charge in [0.05, 0.1) is 30.8 Å². The van der Waals surface area contributed by atoms with Gasteiger partial charge in [0.1, 0.15) is 6.61 Å². The summed E-state index contributed by atoms with van der Waals surface area (Å²) < 4.78 is 11.0. The van der Waals surface area contributed by atoms with E-state index in [0.29, 0.717) is 37.4 Å². The second kappa shape index (κ2) is 14.1. The van der Waals surface area contributed by atoms with Crippen LogP contribution in [-0.4, -0.2) is 40.0 Å². The Morgan fingerprint density at radius 1 is 0.682 bits per heavy atom. The summed E-state index contributed by atoms with van der Waals surface area (Å²) in [6.07, 6.45) is 4.88. The van der Waals surface area contributed by atoms with E-state index in [1.807, 2.05) is 37.4 Å². The van der Waals surface area contributed by atoms with Gasteiger partial charge in [0.2, 0.25) is 0 Å². The number of aromatic nitrogens is 2. The molecule has 0 fully saturated rings. The first-order valence-electron chi connectivity index (χ1n) is 14.6. The number of aryl methyl sites for hydroxylation is 1. The smallest absolute Gasteiger partial charge is 0.306 e. The zero-order valence-electron chi connectivity index (χ0n) is 24.5. The van der Waals surface area contributed by atoms with Crippen LogP contribution in [0.1, 0.15) is 29.5 Å². The minimum Gasteiger partial charge on any atom is -0.465 e. The second-order valence-electron chi connectivity index (χ2n) is 10.6. The maximum atomic E-state index is 12.4. The fourth-order valence-electron chi connectivity index (χ4n) is 5.22. The molecule has 6 nitrogen and oxygen atoms in total. The molecule has 2 heterocycles. The molecule has 0 spiro atoms. The molecule has 6 rings (SSSR count). The molecule has 0 atom stereocenters. The summed E-state index contributed by atoms with van der Waals surface area (Å²) in [7, 11) is 3.13. The molecule has 0 unspecified atom stereocenters. The van der Waals surface area contributed by atoms with Gasteiger partial charge in [-0.25, -0.2) is 0 Å². The molecule has 0 saturated carbocycles. The van der Waals surface area contributed by atoms with Crippen molar-refractivity contribution in [2.24, 2.45) is 0 Å². The molecule has 0 aliphatic rings. The number of hydrogen-bond acceptors (Lipinski definition) is 8. The van der Waals surface area contributed by atoms with Crippen LogP contribution in [0, 0.1) is 6.92 Å². The number of nitrogens with zero attached hydrogens (tertiary/aromatic N) is 2. The molecule has 4 aromatic carbocycles. The van der Waals surface area contributed by atoms with Gasteiger partial charge in [0.15, 0.2) is 0 Å². The van der Waals surface area contributed by atoms with E-state index < -0.39 is 0 Å². The van der Waals surface area contributed by atoms with E-state index in [4.69, 9.17) is 9.47 Å². The van der Waals surface area contributed by atoms with Crippen molar-refractivity contribution in [1.29, 1.82) is 0 Å². The maximum absolute atomic E-state index is 12.4. The molecule has 0 amide bonds. The molecule has 0 aliphatic carbocycles. The van der Waals surface area contributed by atoms with Crippen molar-refractivity contribution < 1.29 is 19.1 Å². The fraction of sp³-hybridized carbons (Fsp3) is 0.222. The quantitative estimate of drug-likeness (QED) is 0.0552. The Bertz CT molecular complexity index is 1880. The van der Waals surface area contributed by atoms with Crippen LogP contribution in [0.25, 0.3) is 43.7 Å². The number of carbonyl (C=O) groups excluding carboxylic acids is 2. The van der Waals surface area contributed by atoms with E-state index in [0.717, 1.165) is 33.5 Å². The van der Waals surface area contributed by atoms with E-state index in [-0.39, 0.29) is 18.5 Å². The SMILES string of the molecule is Cc1ccc(-c2ccc(CCOC(=O)CCSSCCC(=O)OCc3ccc4ccc5cccc6ccc3c4c56)cn2)nc1. The first-order valence-corrected chi connectivity index (χ1v) is 17.1. The third kappa shape index (κ3) is 7.14. The van der Waals surface area contributed by atoms with Gasteiger partial charge >= 0.3 is 11.9 Å². The Kier molecular flexibility index (Phi) is 9.58. The van der Waals surface area contributed by atoms with Crippen molar-refractivity contribution >= 4 is 65.8 Å². The van der Waals surface area contributed by atoms with E-state index in [9.17, 15) is 9.59 Å². The van der Waals surface area contributed by atoms with Crippen LogP contribution in [0.3, 0.4) is 0 Å². The normalized spacial score (nSPS) is 11.4. The largest absolute Gasteiger partial charge is 0.465 e. The average molecular weight is 621 g/mol. The van der Waals surface area contributed by atoms with Gasteiger partial charge in [-0.15, -0.1) is 0 Å². The first kappa shape index (κ1) is 29.9. The van der Waals surface area contributed by atoms with E-state index >= 15 is 0 Å². The molecular formula is C36H32N2O4S2. The highest BCUT2D eigenvalue weighted by Gasteiger charge is 2.12. The molecule has 6 aromatic rings. The van der Waals surface area contributed by atoms with Crippen LogP contribution in [-0.2, 0) is 32.1 Å². The molecule has 0 radical (unpaired) electrons.